The van der Waals surface area contributed by atoms with Gasteiger partial charge in [0.2, 0.25) is 0 Å². The summed E-state index contributed by atoms with van der Waals surface area (Å²) in [5.41, 5.74) is 3.23. The predicted octanol–water partition coefficient (Wildman–Crippen LogP) is 3.60. The lowest BCUT2D eigenvalue weighted by Gasteiger charge is -2.17. The first-order valence-electron chi connectivity index (χ1n) is 7.34. The average molecular weight is 281 g/mol. The van der Waals surface area contributed by atoms with Crippen molar-refractivity contribution in [3.8, 4) is 0 Å². The summed E-state index contributed by atoms with van der Waals surface area (Å²) in [6.45, 7) is 2.67. The lowest BCUT2D eigenvalue weighted by Crippen LogP contribution is -2.15. The fourth-order valence-electron chi connectivity index (χ4n) is 2.50. The molecule has 0 N–H and O–H groups in total. The van der Waals surface area contributed by atoms with Crippen LogP contribution in [-0.4, -0.2) is 21.6 Å². The van der Waals surface area contributed by atoms with E-state index in [1.165, 1.54) is 5.56 Å². The van der Waals surface area contributed by atoms with Crippen molar-refractivity contribution in [3.05, 3.63) is 60.2 Å². The molecule has 4 nitrogen and oxygen atoms in total. The Labute approximate surface area is 124 Å². The number of benzene rings is 2. The second-order valence-corrected chi connectivity index (χ2v) is 4.96. The van der Waals surface area contributed by atoms with Crippen LogP contribution in [0.3, 0.4) is 0 Å². The van der Waals surface area contributed by atoms with Crippen molar-refractivity contribution in [2.45, 2.75) is 26.0 Å². The Morgan fingerprint density at radius 2 is 1.81 bits per heavy atom. The van der Waals surface area contributed by atoms with E-state index in [0.717, 1.165) is 23.9 Å². The van der Waals surface area contributed by atoms with Crippen LogP contribution in [-0.2, 0) is 11.2 Å². The highest BCUT2D eigenvalue weighted by Crippen LogP contribution is 2.21. The average Bonchev–Trinajstić information content (AvgIpc) is 2.96. The Kier molecular flexibility index (Phi) is 4.26. The molecular formula is C17H19N3O. The molecule has 0 saturated carbocycles. The number of para-hydroxylation sites is 1. The minimum Gasteiger partial charge on any atom is -0.357 e. The molecule has 3 aromatic rings. The Morgan fingerprint density at radius 3 is 2.62 bits per heavy atom. The molecule has 1 aromatic heterocycles. The first-order chi connectivity index (χ1) is 10.4. The molecule has 0 aliphatic rings. The molecule has 0 spiro atoms. The van der Waals surface area contributed by atoms with Gasteiger partial charge in [-0.3, -0.25) is 0 Å². The predicted molar refractivity (Wildman–Crippen MR) is 83.0 cm³/mol. The number of nitrogens with zero attached hydrogens (tertiary/aromatic N) is 3. The molecule has 1 atom stereocenters. The lowest BCUT2D eigenvalue weighted by molar-refractivity contribution is -0.00235. The van der Waals surface area contributed by atoms with Gasteiger partial charge in [-0.05, 0) is 37.5 Å². The first-order valence-corrected chi connectivity index (χ1v) is 7.34. The van der Waals surface area contributed by atoms with Crippen LogP contribution in [0.1, 0.15) is 25.1 Å². The van der Waals surface area contributed by atoms with E-state index in [4.69, 9.17) is 4.74 Å². The zero-order valence-corrected chi connectivity index (χ0v) is 12.1. The van der Waals surface area contributed by atoms with Crippen molar-refractivity contribution >= 4 is 11.0 Å². The molecular weight excluding hydrogens is 262 g/mol. The second-order valence-electron chi connectivity index (χ2n) is 4.96. The van der Waals surface area contributed by atoms with Gasteiger partial charge >= 0.3 is 0 Å². The van der Waals surface area contributed by atoms with E-state index in [1.54, 1.807) is 0 Å². The quantitative estimate of drug-likeness (QED) is 0.693. The van der Waals surface area contributed by atoms with Crippen LogP contribution >= 0.6 is 0 Å². The number of fused-ring (bicyclic) bond motifs is 1. The number of hydrogen-bond acceptors (Lipinski definition) is 3. The monoisotopic (exact) mass is 281 g/mol. The molecule has 0 fully saturated rings. The van der Waals surface area contributed by atoms with Crippen molar-refractivity contribution in [2.75, 3.05) is 6.61 Å². The van der Waals surface area contributed by atoms with Crippen molar-refractivity contribution < 1.29 is 4.74 Å². The Hall–Kier alpha value is -2.20. The van der Waals surface area contributed by atoms with Gasteiger partial charge in [-0.2, -0.15) is 0 Å². The minimum absolute atomic E-state index is 0.0809. The van der Waals surface area contributed by atoms with Gasteiger partial charge < -0.3 is 4.74 Å². The van der Waals surface area contributed by atoms with Gasteiger partial charge in [0.05, 0.1) is 5.52 Å². The molecule has 0 aliphatic heterocycles. The van der Waals surface area contributed by atoms with Crippen LogP contribution in [0, 0.1) is 0 Å². The SMILES string of the molecule is CCOC(CCc1ccccc1)n1nnc2ccccc21. The Balaban J connectivity index is 1.81. The number of aryl methyl sites for hydroxylation is 1. The largest absolute Gasteiger partial charge is 0.357 e. The van der Waals surface area contributed by atoms with Crippen molar-refractivity contribution in [2.24, 2.45) is 0 Å². The maximum Gasteiger partial charge on any atom is 0.152 e. The van der Waals surface area contributed by atoms with Crippen LogP contribution < -0.4 is 0 Å². The molecule has 0 radical (unpaired) electrons. The topological polar surface area (TPSA) is 39.9 Å². The van der Waals surface area contributed by atoms with Gasteiger partial charge in [0.15, 0.2) is 6.23 Å². The van der Waals surface area contributed by atoms with Crippen molar-refractivity contribution in [1.82, 2.24) is 15.0 Å². The summed E-state index contributed by atoms with van der Waals surface area (Å²) in [5, 5.41) is 8.48. The third-order valence-corrected chi connectivity index (χ3v) is 3.53. The van der Waals surface area contributed by atoms with Crippen LogP contribution in [0.2, 0.25) is 0 Å². The number of aromatic nitrogens is 3. The van der Waals surface area contributed by atoms with Gasteiger partial charge in [-0.15, -0.1) is 5.10 Å². The Bertz CT molecular complexity index is 693. The molecule has 1 unspecified atom stereocenters. The number of ether oxygens (including phenoxy) is 1. The van der Waals surface area contributed by atoms with E-state index < -0.39 is 0 Å². The molecule has 21 heavy (non-hydrogen) atoms. The molecule has 108 valence electrons. The molecule has 4 heteroatoms. The Morgan fingerprint density at radius 1 is 1.05 bits per heavy atom. The highest BCUT2D eigenvalue weighted by atomic mass is 16.5. The number of rotatable bonds is 6. The highest BCUT2D eigenvalue weighted by molar-refractivity contribution is 5.73. The molecule has 1 heterocycles. The van der Waals surface area contributed by atoms with E-state index in [1.807, 2.05) is 41.9 Å². The van der Waals surface area contributed by atoms with E-state index in [2.05, 4.69) is 34.6 Å². The first kappa shape index (κ1) is 13.8. The molecule has 0 aliphatic carbocycles. The van der Waals surface area contributed by atoms with E-state index in [0.29, 0.717) is 6.61 Å². The summed E-state index contributed by atoms with van der Waals surface area (Å²) >= 11 is 0. The molecule has 0 bridgehead atoms. The van der Waals surface area contributed by atoms with E-state index in [9.17, 15) is 0 Å². The van der Waals surface area contributed by atoms with Crippen LogP contribution in [0.15, 0.2) is 54.6 Å². The number of hydrogen-bond donors (Lipinski definition) is 0. The van der Waals surface area contributed by atoms with E-state index in [-0.39, 0.29) is 6.23 Å². The van der Waals surface area contributed by atoms with Crippen LogP contribution in [0.25, 0.3) is 11.0 Å². The smallest absolute Gasteiger partial charge is 0.152 e. The molecule has 0 saturated heterocycles. The van der Waals surface area contributed by atoms with Gasteiger partial charge in [0.25, 0.3) is 0 Å². The third kappa shape index (κ3) is 3.11. The van der Waals surface area contributed by atoms with Gasteiger partial charge in [0, 0.05) is 6.61 Å². The summed E-state index contributed by atoms with van der Waals surface area (Å²) < 4.78 is 7.77. The molecule has 0 amide bonds. The van der Waals surface area contributed by atoms with Gasteiger partial charge in [0.1, 0.15) is 5.52 Å². The van der Waals surface area contributed by atoms with Gasteiger partial charge in [-0.25, -0.2) is 4.68 Å². The fraction of sp³-hybridized carbons (Fsp3) is 0.294. The summed E-state index contributed by atoms with van der Waals surface area (Å²) in [5.74, 6) is 0. The lowest BCUT2D eigenvalue weighted by atomic mass is 10.1. The summed E-state index contributed by atoms with van der Waals surface area (Å²) in [7, 11) is 0. The zero-order valence-electron chi connectivity index (χ0n) is 12.1. The van der Waals surface area contributed by atoms with Crippen LogP contribution in [0.4, 0.5) is 0 Å². The van der Waals surface area contributed by atoms with Crippen molar-refractivity contribution in [3.63, 3.8) is 0 Å². The normalized spacial score (nSPS) is 12.6. The molecule has 3 rings (SSSR count). The zero-order chi connectivity index (χ0) is 14.5. The fourth-order valence-corrected chi connectivity index (χ4v) is 2.50. The van der Waals surface area contributed by atoms with E-state index >= 15 is 0 Å². The maximum atomic E-state index is 5.88. The molecule has 2 aromatic carbocycles. The van der Waals surface area contributed by atoms with Crippen LogP contribution in [0.5, 0.6) is 0 Å². The van der Waals surface area contributed by atoms with Gasteiger partial charge in [-0.1, -0.05) is 47.7 Å². The summed E-state index contributed by atoms with van der Waals surface area (Å²) in [6.07, 6.45) is 1.76. The second kappa shape index (κ2) is 6.50. The maximum absolute atomic E-state index is 5.88. The summed E-state index contributed by atoms with van der Waals surface area (Å²) in [6, 6.07) is 18.4. The minimum atomic E-state index is -0.0809. The van der Waals surface area contributed by atoms with Crippen molar-refractivity contribution in [1.29, 1.82) is 0 Å². The summed E-state index contributed by atoms with van der Waals surface area (Å²) in [4.78, 5) is 0. The standard InChI is InChI=1S/C17H19N3O/c1-2-21-17(13-12-14-8-4-3-5-9-14)20-16-11-7-6-10-15(16)18-19-20/h3-11,17H,2,12-13H2,1H3. The highest BCUT2D eigenvalue weighted by Gasteiger charge is 2.15. The third-order valence-electron chi connectivity index (χ3n) is 3.53.